The zero-order valence-electron chi connectivity index (χ0n) is 13.4. The van der Waals surface area contributed by atoms with Crippen LogP contribution in [-0.2, 0) is 4.79 Å². The van der Waals surface area contributed by atoms with Crippen molar-refractivity contribution in [3.05, 3.63) is 27.1 Å². The summed E-state index contributed by atoms with van der Waals surface area (Å²) in [4.78, 5) is 26.0. The summed E-state index contributed by atoms with van der Waals surface area (Å²) in [6.45, 7) is 6.02. The quantitative estimate of drug-likeness (QED) is 0.690. The van der Waals surface area contributed by atoms with Crippen LogP contribution >= 0.6 is 27.7 Å². The molecule has 0 N–H and O–H groups in total. The van der Waals surface area contributed by atoms with Crippen molar-refractivity contribution in [2.75, 3.05) is 13.7 Å². The van der Waals surface area contributed by atoms with Gasteiger partial charge in [0, 0.05) is 10.5 Å². The summed E-state index contributed by atoms with van der Waals surface area (Å²) in [5.41, 5.74) is 0.753. The summed E-state index contributed by atoms with van der Waals surface area (Å²) in [5.74, 6) is 0.925. The van der Waals surface area contributed by atoms with E-state index >= 15 is 0 Å². The molecule has 5 nitrogen and oxygen atoms in total. The Morgan fingerprint density at radius 2 is 2.00 bits per heavy atom. The number of imide groups is 1. The van der Waals surface area contributed by atoms with Gasteiger partial charge in [0.25, 0.3) is 11.1 Å². The highest BCUT2D eigenvalue weighted by Gasteiger charge is 2.36. The van der Waals surface area contributed by atoms with Crippen LogP contribution in [0.2, 0.25) is 0 Å². The molecule has 0 unspecified atom stereocenters. The zero-order chi connectivity index (χ0) is 17.1. The van der Waals surface area contributed by atoms with E-state index < -0.39 is 0 Å². The highest BCUT2D eigenvalue weighted by molar-refractivity contribution is 9.10. The van der Waals surface area contributed by atoms with Gasteiger partial charge in [-0.3, -0.25) is 14.5 Å². The minimum Gasteiger partial charge on any atom is -0.493 e. The van der Waals surface area contributed by atoms with Gasteiger partial charge in [0.1, 0.15) is 0 Å². The fourth-order valence-electron chi connectivity index (χ4n) is 2.16. The Balaban J connectivity index is 2.41. The van der Waals surface area contributed by atoms with Crippen LogP contribution in [0.15, 0.2) is 21.5 Å². The van der Waals surface area contributed by atoms with Gasteiger partial charge >= 0.3 is 0 Å². The fourth-order valence-corrected chi connectivity index (χ4v) is 3.54. The van der Waals surface area contributed by atoms with Gasteiger partial charge in [0.05, 0.1) is 18.6 Å². The van der Waals surface area contributed by atoms with Gasteiger partial charge < -0.3 is 9.47 Å². The van der Waals surface area contributed by atoms with E-state index in [9.17, 15) is 9.59 Å². The van der Waals surface area contributed by atoms with Gasteiger partial charge in [0.15, 0.2) is 11.5 Å². The van der Waals surface area contributed by atoms with E-state index in [1.165, 1.54) is 4.90 Å². The van der Waals surface area contributed by atoms with Crippen LogP contribution in [0.4, 0.5) is 4.79 Å². The Morgan fingerprint density at radius 3 is 2.52 bits per heavy atom. The lowest BCUT2D eigenvalue weighted by Crippen LogP contribution is -2.34. The molecule has 0 spiro atoms. The molecule has 124 valence electrons. The smallest absolute Gasteiger partial charge is 0.293 e. The molecule has 0 bridgehead atoms. The van der Waals surface area contributed by atoms with Gasteiger partial charge in [-0.05, 0) is 56.3 Å². The van der Waals surface area contributed by atoms with Crippen LogP contribution in [0, 0.1) is 0 Å². The topological polar surface area (TPSA) is 55.8 Å². The lowest BCUT2D eigenvalue weighted by atomic mass is 10.1. The molecule has 1 heterocycles. The lowest BCUT2D eigenvalue weighted by molar-refractivity contribution is -0.123. The normalized spacial score (nSPS) is 16.6. The molecule has 7 heteroatoms. The van der Waals surface area contributed by atoms with Crippen LogP contribution in [0.1, 0.15) is 26.3 Å². The average Bonchev–Trinajstić information content (AvgIpc) is 2.76. The molecule has 2 amide bonds. The van der Waals surface area contributed by atoms with Crippen LogP contribution in [0.25, 0.3) is 6.08 Å². The van der Waals surface area contributed by atoms with E-state index in [1.807, 2.05) is 20.8 Å². The number of halogens is 1. The number of hydrogen-bond donors (Lipinski definition) is 0. The van der Waals surface area contributed by atoms with E-state index in [4.69, 9.17) is 9.47 Å². The number of nitrogens with zero attached hydrogens (tertiary/aromatic N) is 1. The number of amides is 2. The summed E-state index contributed by atoms with van der Waals surface area (Å²) in [7, 11) is 1.57. The molecule has 1 fully saturated rings. The molecule has 0 radical (unpaired) electrons. The molecule has 23 heavy (non-hydrogen) atoms. The van der Waals surface area contributed by atoms with E-state index in [0.29, 0.717) is 23.0 Å². The Morgan fingerprint density at radius 1 is 1.30 bits per heavy atom. The number of carbonyl (C=O) groups excluding carboxylic acids is 2. The third-order valence-electron chi connectivity index (χ3n) is 3.21. The third kappa shape index (κ3) is 3.72. The van der Waals surface area contributed by atoms with Crippen molar-refractivity contribution < 1.29 is 19.1 Å². The highest BCUT2D eigenvalue weighted by atomic mass is 79.9. The number of methoxy groups -OCH3 is 1. The maximum absolute atomic E-state index is 12.4. The minimum atomic E-state index is -0.268. The maximum atomic E-state index is 12.4. The summed E-state index contributed by atoms with van der Waals surface area (Å²) in [5, 5.41) is -0.245. The van der Waals surface area contributed by atoms with Crippen molar-refractivity contribution in [3.63, 3.8) is 0 Å². The molecular formula is C16H18BrNO4S. The largest absolute Gasteiger partial charge is 0.493 e. The first-order valence-electron chi connectivity index (χ1n) is 7.16. The van der Waals surface area contributed by atoms with Crippen molar-refractivity contribution >= 4 is 44.9 Å². The molecule has 0 saturated carbocycles. The zero-order valence-corrected chi connectivity index (χ0v) is 15.8. The van der Waals surface area contributed by atoms with Crippen molar-refractivity contribution in [1.29, 1.82) is 0 Å². The standard InChI is InChI=1S/C16H18BrNO4S/c1-5-22-13-6-10(11(17)8-12(13)21-4)7-14-15(19)18(9(2)3)16(20)23-14/h6-9H,5H2,1-4H3/b14-7+. The molecule has 1 aliphatic heterocycles. The van der Waals surface area contributed by atoms with Gasteiger partial charge in [-0.2, -0.15) is 0 Å². The second-order valence-electron chi connectivity index (χ2n) is 5.10. The number of hydrogen-bond acceptors (Lipinski definition) is 5. The monoisotopic (exact) mass is 399 g/mol. The van der Waals surface area contributed by atoms with Crippen molar-refractivity contribution in [1.82, 2.24) is 4.90 Å². The Labute approximate surface area is 148 Å². The Hall–Kier alpha value is -1.47. The number of carbonyl (C=O) groups is 2. The summed E-state index contributed by atoms with van der Waals surface area (Å²) in [6.07, 6.45) is 1.69. The molecule has 0 atom stereocenters. The summed E-state index contributed by atoms with van der Waals surface area (Å²) in [6, 6.07) is 3.41. The highest BCUT2D eigenvalue weighted by Crippen LogP contribution is 2.38. The molecular weight excluding hydrogens is 382 g/mol. The average molecular weight is 400 g/mol. The molecule has 0 aromatic heterocycles. The van der Waals surface area contributed by atoms with Crippen molar-refractivity contribution in [2.45, 2.75) is 26.8 Å². The van der Waals surface area contributed by atoms with Crippen LogP contribution in [-0.4, -0.2) is 35.8 Å². The second-order valence-corrected chi connectivity index (χ2v) is 6.95. The predicted octanol–water partition coefficient (Wildman–Crippen LogP) is 4.30. The summed E-state index contributed by atoms with van der Waals surface area (Å²) >= 11 is 4.41. The van der Waals surface area contributed by atoms with Crippen molar-refractivity contribution in [2.24, 2.45) is 0 Å². The van der Waals surface area contributed by atoms with E-state index in [1.54, 1.807) is 25.3 Å². The number of thioether (sulfide) groups is 1. The fraction of sp³-hybridized carbons (Fsp3) is 0.375. The van der Waals surface area contributed by atoms with Crippen molar-refractivity contribution in [3.8, 4) is 11.5 Å². The lowest BCUT2D eigenvalue weighted by Gasteiger charge is -2.16. The molecule has 1 aromatic carbocycles. The van der Waals surface area contributed by atoms with Gasteiger partial charge in [-0.15, -0.1) is 0 Å². The minimum absolute atomic E-state index is 0.160. The summed E-state index contributed by atoms with van der Waals surface area (Å²) < 4.78 is 11.6. The van der Waals surface area contributed by atoms with Crippen LogP contribution in [0.3, 0.4) is 0 Å². The predicted molar refractivity (Wildman–Crippen MR) is 94.8 cm³/mol. The third-order valence-corrected chi connectivity index (χ3v) is 4.78. The molecule has 1 saturated heterocycles. The van der Waals surface area contributed by atoms with Gasteiger partial charge in [-0.1, -0.05) is 15.9 Å². The van der Waals surface area contributed by atoms with Crippen LogP contribution < -0.4 is 9.47 Å². The molecule has 1 aromatic rings. The first-order chi connectivity index (χ1) is 10.9. The SMILES string of the molecule is CCOc1cc(/C=C2/SC(=O)N(C(C)C)C2=O)c(Br)cc1OC. The Kier molecular flexibility index (Phi) is 5.75. The molecule has 1 aliphatic rings. The maximum Gasteiger partial charge on any atom is 0.293 e. The van der Waals surface area contributed by atoms with E-state index in [0.717, 1.165) is 21.8 Å². The Bertz CT molecular complexity index is 672. The number of benzene rings is 1. The second kappa shape index (κ2) is 7.40. The first-order valence-corrected chi connectivity index (χ1v) is 8.77. The van der Waals surface area contributed by atoms with E-state index in [2.05, 4.69) is 15.9 Å². The first kappa shape index (κ1) is 17.9. The van der Waals surface area contributed by atoms with Gasteiger partial charge in [0.2, 0.25) is 0 Å². The molecule has 0 aliphatic carbocycles. The van der Waals surface area contributed by atoms with Gasteiger partial charge in [-0.25, -0.2) is 0 Å². The number of rotatable bonds is 5. The molecule has 2 rings (SSSR count). The van der Waals surface area contributed by atoms with E-state index in [-0.39, 0.29) is 17.2 Å². The van der Waals surface area contributed by atoms with Crippen LogP contribution in [0.5, 0.6) is 11.5 Å². The number of ether oxygens (including phenoxy) is 2.